The van der Waals surface area contributed by atoms with Gasteiger partial charge in [-0.1, -0.05) is 13.8 Å². The quantitative estimate of drug-likeness (QED) is 0.773. The molecule has 1 atom stereocenters. The minimum atomic E-state index is -1.01. The summed E-state index contributed by atoms with van der Waals surface area (Å²) in [5, 5.41) is 11.6. The van der Waals surface area contributed by atoms with Crippen molar-refractivity contribution in [1.82, 2.24) is 0 Å². The molecule has 0 aliphatic rings. The van der Waals surface area contributed by atoms with E-state index in [0.717, 1.165) is 0 Å². The maximum atomic E-state index is 12.0. The fraction of sp³-hybridized carbons (Fsp3) is 0.385. The van der Waals surface area contributed by atoms with Gasteiger partial charge >= 0.3 is 5.97 Å². The molecular weight excluding hydrogens is 312 g/mol. The first kappa shape index (κ1) is 15.7. The Morgan fingerprint density at radius 1 is 1.42 bits per heavy atom. The SMILES string of the molecule is CC(C)C(CN)C(=O)Nc1ccc(C(=O)O)cc1Br. The molecule has 1 amide bonds. The molecule has 0 bridgehead atoms. The van der Waals surface area contributed by atoms with Gasteiger partial charge in [0.25, 0.3) is 0 Å². The maximum Gasteiger partial charge on any atom is 0.335 e. The zero-order valence-corrected chi connectivity index (χ0v) is 12.4. The van der Waals surface area contributed by atoms with E-state index in [0.29, 0.717) is 10.2 Å². The fourth-order valence-electron chi connectivity index (χ4n) is 1.66. The van der Waals surface area contributed by atoms with E-state index in [1.807, 2.05) is 13.8 Å². The average Bonchev–Trinajstić information content (AvgIpc) is 2.31. The summed E-state index contributed by atoms with van der Waals surface area (Å²) in [4.78, 5) is 22.8. The third kappa shape index (κ3) is 4.04. The second kappa shape index (κ2) is 6.68. The molecule has 0 spiro atoms. The van der Waals surface area contributed by atoms with Gasteiger partial charge in [0, 0.05) is 11.0 Å². The number of aromatic carboxylic acids is 1. The van der Waals surface area contributed by atoms with E-state index < -0.39 is 5.97 Å². The zero-order valence-electron chi connectivity index (χ0n) is 10.8. The van der Waals surface area contributed by atoms with E-state index in [1.165, 1.54) is 12.1 Å². The largest absolute Gasteiger partial charge is 0.478 e. The van der Waals surface area contributed by atoms with E-state index in [4.69, 9.17) is 10.8 Å². The van der Waals surface area contributed by atoms with Crippen molar-refractivity contribution in [3.05, 3.63) is 28.2 Å². The summed E-state index contributed by atoms with van der Waals surface area (Å²) in [7, 11) is 0. The molecule has 1 aromatic rings. The van der Waals surface area contributed by atoms with Crippen LogP contribution in [0.4, 0.5) is 5.69 Å². The van der Waals surface area contributed by atoms with Gasteiger partial charge in [0.15, 0.2) is 0 Å². The van der Waals surface area contributed by atoms with E-state index in [9.17, 15) is 9.59 Å². The number of benzene rings is 1. The van der Waals surface area contributed by atoms with Crippen LogP contribution in [0.3, 0.4) is 0 Å². The fourth-order valence-corrected chi connectivity index (χ4v) is 2.13. The molecule has 6 heteroatoms. The molecule has 19 heavy (non-hydrogen) atoms. The third-order valence-electron chi connectivity index (χ3n) is 2.87. The van der Waals surface area contributed by atoms with Gasteiger partial charge < -0.3 is 16.2 Å². The Balaban J connectivity index is 2.88. The van der Waals surface area contributed by atoms with Gasteiger partial charge in [-0.15, -0.1) is 0 Å². The van der Waals surface area contributed by atoms with Crippen molar-refractivity contribution in [3.63, 3.8) is 0 Å². The van der Waals surface area contributed by atoms with Crippen LogP contribution in [0.2, 0.25) is 0 Å². The van der Waals surface area contributed by atoms with Crippen molar-refractivity contribution in [2.75, 3.05) is 11.9 Å². The molecule has 0 heterocycles. The minimum absolute atomic E-state index is 0.141. The number of halogens is 1. The average molecular weight is 329 g/mol. The van der Waals surface area contributed by atoms with Crippen molar-refractivity contribution in [3.8, 4) is 0 Å². The number of amides is 1. The van der Waals surface area contributed by atoms with Crippen molar-refractivity contribution >= 4 is 33.5 Å². The van der Waals surface area contributed by atoms with Gasteiger partial charge in [-0.25, -0.2) is 4.79 Å². The van der Waals surface area contributed by atoms with E-state index in [1.54, 1.807) is 6.07 Å². The standard InChI is InChI=1S/C13H17BrN2O3/c1-7(2)9(6-15)12(17)16-11-4-3-8(13(18)19)5-10(11)14/h3-5,7,9H,6,15H2,1-2H3,(H,16,17)(H,18,19). The predicted octanol–water partition coefficient (Wildman–Crippen LogP) is 2.32. The van der Waals surface area contributed by atoms with Crippen molar-refractivity contribution in [2.24, 2.45) is 17.6 Å². The topological polar surface area (TPSA) is 92.4 Å². The first-order valence-corrected chi connectivity index (χ1v) is 6.70. The Labute approximate surface area is 120 Å². The van der Waals surface area contributed by atoms with Gasteiger partial charge in [-0.05, 0) is 40.0 Å². The summed E-state index contributed by atoms with van der Waals surface area (Å²) in [6.07, 6.45) is 0. The number of nitrogens with two attached hydrogens (primary N) is 1. The molecular formula is C13H17BrN2O3. The number of carboxylic acids is 1. The minimum Gasteiger partial charge on any atom is -0.478 e. The number of rotatable bonds is 5. The van der Waals surface area contributed by atoms with Crippen LogP contribution in [-0.2, 0) is 4.79 Å². The Hall–Kier alpha value is -1.40. The second-order valence-electron chi connectivity index (χ2n) is 4.58. The molecule has 0 fully saturated rings. The number of carbonyl (C=O) groups is 2. The van der Waals surface area contributed by atoms with Crippen LogP contribution in [0.25, 0.3) is 0 Å². The lowest BCUT2D eigenvalue weighted by molar-refractivity contribution is -0.120. The molecule has 5 nitrogen and oxygen atoms in total. The highest BCUT2D eigenvalue weighted by Gasteiger charge is 2.21. The van der Waals surface area contributed by atoms with Crippen LogP contribution in [0.5, 0.6) is 0 Å². The van der Waals surface area contributed by atoms with Gasteiger partial charge in [0.1, 0.15) is 0 Å². The Morgan fingerprint density at radius 2 is 2.05 bits per heavy atom. The molecule has 0 saturated heterocycles. The van der Waals surface area contributed by atoms with Crippen LogP contribution < -0.4 is 11.1 Å². The summed E-state index contributed by atoms with van der Waals surface area (Å²) in [6, 6.07) is 4.44. The third-order valence-corrected chi connectivity index (χ3v) is 3.53. The summed E-state index contributed by atoms with van der Waals surface area (Å²) in [5.74, 6) is -1.31. The van der Waals surface area contributed by atoms with Gasteiger partial charge in [-0.2, -0.15) is 0 Å². The second-order valence-corrected chi connectivity index (χ2v) is 5.43. The van der Waals surface area contributed by atoms with Crippen LogP contribution in [0.15, 0.2) is 22.7 Å². The lowest BCUT2D eigenvalue weighted by Gasteiger charge is -2.18. The molecule has 0 aromatic heterocycles. The molecule has 0 radical (unpaired) electrons. The van der Waals surface area contributed by atoms with E-state index in [2.05, 4.69) is 21.2 Å². The molecule has 1 aromatic carbocycles. The Bertz CT molecular complexity index is 489. The maximum absolute atomic E-state index is 12.0. The number of anilines is 1. The van der Waals surface area contributed by atoms with Crippen LogP contribution in [0, 0.1) is 11.8 Å². The zero-order chi connectivity index (χ0) is 14.6. The lowest BCUT2D eigenvalue weighted by atomic mass is 9.95. The van der Waals surface area contributed by atoms with E-state index >= 15 is 0 Å². The molecule has 1 unspecified atom stereocenters. The van der Waals surface area contributed by atoms with Crippen molar-refractivity contribution < 1.29 is 14.7 Å². The first-order valence-electron chi connectivity index (χ1n) is 5.90. The number of hydrogen-bond acceptors (Lipinski definition) is 3. The highest BCUT2D eigenvalue weighted by molar-refractivity contribution is 9.10. The molecule has 0 aliphatic carbocycles. The number of hydrogen-bond donors (Lipinski definition) is 3. The van der Waals surface area contributed by atoms with Gasteiger partial charge in [-0.3, -0.25) is 4.79 Å². The monoisotopic (exact) mass is 328 g/mol. The molecule has 104 valence electrons. The number of carboxylic acid groups (broad SMARTS) is 1. The summed E-state index contributed by atoms with van der Waals surface area (Å²) < 4.78 is 0.528. The Kier molecular flexibility index (Phi) is 5.50. The van der Waals surface area contributed by atoms with Gasteiger partial charge in [0.05, 0.1) is 17.2 Å². The molecule has 4 N–H and O–H groups in total. The predicted molar refractivity (Wildman–Crippen MR) is 77.1 cm³/mol. The van der Waals surface area contributed by atoms with E-state index in [-0.39, 0.29) is 29.9 Å². The highest BCUT2D eigenvalue weighted by atomic mass is 79.9. The smallest absolute Gasteiger partial charge is 0.335 e. The molecule has 0 saturated carbocycles. The van der Waals surface area contributed by atoms with Gasteiger partial charge in [0.2, 0.25) is 5.91 Å². The van der Waals surface area contributed by atoms with Crippen LogP contribution in [0.1, 0.15) is 24.2 Å². The molecule has 0 aliphatic heterocycles. The van der Waals surface area contributed by atoms with Crippen molar-refractivity contribution in [2.45, 2.75) is 13.8 Å². The normalized spacial score (nSPS) is 12.3. The lowest BCUT2D eigenvalue weighted by Crippen LogP contribution is -2.33. The highest BCUT2D eigenvalue weighted by Crippen LogP contribution is 2.25. The Morgan fingerprint density at radius 3 is 2.47 bits per heavy atom. The van der Waals surface area contributed by atoms with Crippen LogP contribution in [-0.4, -0.2) is 23.5 Å². The summed E-state index contributed by atoms with van der Waals surface area (Å²) in [5.41, 5.74) is 6.27. The summed E-state index contributed by atoms with van der Waals surface area (Å²) >= 11 is 3.24. The summed E-state index contributed by atoms with van der Waals surface area (Å²) in [6.45, 7) is 4.13. The molecule has 1 rings (SSSR count). The van der Waals surface area contributed by atoms with Crippen molar-refractivity contribution in [1.29, 1.82) is 0 Å². The van der Waals surface area contributed by atoms with Crippen LogP contribution >= 0.6 is 15.9 Å². The number of nitrogens with one attached hydrogen (secondary N) is 1. The first-order chi connectivity index (χ1) is 8.86. The number of carbonyl (C=O) groups excluding carboxylic acids is 1.